The lowest BCUT2D eigenvalue weighted by atomic mass is 9.89. The molecule has 13 heteroatoms. The van der Waals surface area contributed by atoms with E-state index in [1.165, 1.54) is 7.11 Å². The van der Waals surface area contributed by atoms with Crippen LogP contribution in [0.1, 0.15) is 56.4 Å². The van der Waals surface area contributed by atoms with Crippen LogP contribution in [0.2, 0.25) is 0 Å². The molecule has 1 unspecified atom stereocenters. The molecule has 0 radical (unpaired) electrons. The predicted octanol–water partition coefficient (Wildman–Crippen LogP) is 1.91. The second-order valence-electron chi connectivity index (χ2n) is 11.8. The van der Waals surface area contributed by atoms with E-state index in [4.69, 9.17) is 4.74 Å². The Kier molecular flexibility index (Phi) is 7.71. The normalized spacial score (nSPS) is 25.3. The van der Waals surface area contributed by atoms with Gasteiger partial charge in [-0.15, -0.1) is 0 Å². The van der Waals surface area contributed by atoms with E-state index in [1.54, 1.807) is 38.1 Å². The molecule has 5 rings (SSSR count). The molecule has 1 aliphatic carbocycles. The largest absolute Gasteiger partial charge is 0.496 e. The van der Waals surface area contributed by atoms with Crippen LogP contribution in [0.5, 0.6) is 5.75 Å². The van der Waals surface area contributed by atoms with Crippen molar-refractivity contribution in [1.82, 2.24) is 25.8 Å². The lowest BCUT2D eigenvalue weighted by molar-refractivity contribution is -0.141. The zero-order valence-electron chi connectivity index (χ0n) is 23.7. The van der Waals surface area contributed by atoms with Crippen LogP contribution in [0.25, 0.3) is 10.9 Å². The van der Waals surface area contributed by atoms with Gasteiger partial charge in [-0.05, 0) is 57.7 Å². The first-order chi connectivity index (χ1) is 19.9. The number of ether oxygens (including phenoxy) is 1. The molecule has 4 amide bonds. The number of carbonyl (C=O) groups excluding carboxylic acids is 5. The van der Waals surface area contributed by atoms with Crippen molar-refractivity contribution in [1.29, 1.82) is 0 Å². The van der Waals surface area contributed by atoms with Crippen LogP contribution in [0.4, 0.5) is 8.78 Å². The molecule has 3 heterocycles. The van der Waals surface area contributed by atoms with Crippen LogP contribution in [0.15, 0.2) is 24.3 Å². The molecule has 0 bridgehead atoms. The van der Waals surface area contributed by atoms with Crippen molar-refractivity contribution in [2.45, 2.75) is 70.0 Å². The molecule has 3 fully saturated rings. The van der Waals surface area contributed by atoms with Crippen molar-refractivity contribution < 1.29 is 37.5 Å². The SMILES string of the molecule is COc1cccc2[nH]c(C(=O)N3C[C@]4(C[C@H]3C(=O)NC(C[C@@H]3CCCNC3=O)C(=O)C(=O)NC(C)C)CC4(F)F)cc12. The first-order valence-corrected chi connectivity index (χ1v) is 14.1. The highest BCUT2D eigenvalue weighted by molar-refractivity contribution is 6.38. The van der Waals surface area contributed by atoms with Gasteiger partial charge in [0.2, 0.25) is 17.6 Å². The molecule has 2 aromatic rings. The lowest BCUT2D eigenvalue weighted by Gasteiger charge is -2.28. The van der Waals surface area contributed by atoms with Crippen LogP contribution in [0.3, 0.4) is 0 Å². The van der Waals surface area contributed by atoms with Gasteiger partial charge in [-0.2, -0.15) is 0 Å². The van der Waals surface area contributed by atoms with Gasteiger partial charge in [-0.3, -0.25) is 24.0 Å². The van der Waals surface area contributed by atoms with E-state index >= 15 is 0 Å². The third kappa shape index (κ3) is 5.43. The Labute approximate surface area is 241 Å². The van der Waals surface area contributed by atoms with Gasteiger partial charge in [-0.1, -0.05) is 6.07 Å². The van der Waals surface area contributed by atoms with Crippen LogP contribution < -0.4 is 20.7 Å². The quantitative estimate of drug-likeness (QED) is 0.330. The summed E-state index contributed by atoms with van der Waals surface area (Å²) in [7, 11) is 1.49. The number of hydrogen-bond donors (Lipinski definition) is 4. The number of nitrogens with zero attached hydrogens (tertiary/aromatic N) is 1. The number of nitrogens with one attached hydrogen (secondary N) is 4. The van der Waals surface area contributed by atoms with Crippen LogP contribution >= 0.6 is 0 Å². The first kappa shape index (κ1) is 29.5. The van der Waals surface area contributed by atoms with Crippen molar-refractivity contribution in [3.63, 3.8) is 0 Å². The topological polar surface area (TPSA) is 150 Å². The van der Waals surface area contributed by atoms with Crippen molar-refractivity contribution in [2.24, 2.45) is 11.3 Å². The molecule has 3 aliphatic rings. The number of halogens is 2. The second-order valence-corrected chi connectivity index (χ2v) is 11.8. The first-order valence-electron chi connectivity index (χ1n) is 14.1. The molecular formula is C29H35F2N5O6. The van der Waals surface area contributed by atoms with Gasteiger partial charge in [0.25, 0.3) is 17.7 Å². The Balaban J connectivity index is 1.41. The zero-order chi connectivity index (χ0) is 30.4. The third-order valence-corrected chi connectivity index (χ3v) is 8.48. The maximum Gasteiger partial charge on any atom is 0.289 e. The third-order valence-electron chi connectivity index (χ3n) is 8.48. The van der Waals surface area contributed by atoms with Gasteiger partial charge in [0.1, 0.15) is 17.5 Å². The molecule has 4 atom stereocenters. The van der Waals surface area contributed by atoms with E-state index in [0.29, 0.717) is 36.0 Å². The average molecular weight is 588 g/mol. The highest BCUT2D eigenvalue weighted by Crippen LogP contribution is 2.66. The predicted molar refractivity (Wildman–Crippen MR) is 147 cm³/mol. The Bertz CT molecular complexity index is 1440. The van der Waals surface area contributed by atoms with Crippen LogP contribution in [-0.4, -0.2) is 83.5 Å². The van der Waals surface area contributed by atoms with Gasteiger partial charge in [0, 0.05) is 42.4 Å². The maximum atomic E-state index is 14.6. The highest BCUT2D eigenvalue weighted by Gasteiger charge is 2.75. The fourth-order valence-corrected chi connectivity index (χ4v) is 6.11. The summed E-state index contributed by atoms with van der Waals surface area (Å²) < 4.78 is 34.5. The van der Waals surface area contributed by atoms with Crippen LogP contribution in [0, 0.1) is 11.3 Å². The van der Waals surface area contributed by atoms with E-state index in [1.807, 2.05) is 0 Å². The van der Waals surface area contributed by atoms with Gasteiger partial charge < -0.3 is 30.6 Å². The Morgan fingerprint density at radius 2 is 1.93 bits per heavy atom. The molecular weight excluding hydrogens is 552 g/mol. The number of fused-ring (bicyclic) bond motifs is 1. The number of methoxy groups -OCH3 is 1. The number of alkyl halides is 2. The monoisotopic (exact) mass is 587 g/mol. The van der Waals surface area contributed by atoms with Crippen molar-refractivity contribution in [3.8, 4) is 5.75 Å². The van der Waals surface area contributed by atoms with Gasteiger partial charge in [0.15, 0.2) is 0 Å². The van der Waals surface area contributed by atoms with Crippen LogP contribution in [-0.2, 0) is 19.2 Å². The van der Waals surface area contributed by atoms with Crippen molar-refractivity contribution in [3.05, 3.63) is 30.0 Å². The molecule has 1 saturated carbocycles. The summed E-state index contributed by atoms with van der Waals surface area (Å²) >= 11 is 0. The summed E-state index contributed by atoms with van der Waals surface area (Å²) in [6.45, 7) is 3.48. The van der Waals surface area contributed by atoms with E-state index in [0.717, 1.165) is 4.90 Å². The van der Waals surface area contributed by atoms with E-state index < -0.39 is 59.3 Å². The Morgan fingerprint density at radius 1 is 1.19 bits per heavy atom. The number of ketones is 1. The minimum absolute atomic E-state index is 0.0936. The van der Waals surface area contributed by atoms with Gasteiger partial charge in [0.05, 0.1) is 18.6 Å². The van der Waals surface area contributed by atoms with Crippen molar-refractivity contribution in [2.75, 3.05) is 20.2 Å². The van der Waals surface area contributed by atoms with Crippen molar-refractivity contribution >= 4 is 40.3 Å². The standard InChI is InChI=1S/C29H35F2N5O6/c1-15(2)33-26(40)23(37)19(10-16-6-5-9-32-24(16)38)35-25(39)21-12-28(13-29(28,30)31)14-36(21)27(41)20-11-17-18(34-20)7-4-8-22(17)42-3/h4,7-8,11,15-16,19,21,34H,5-6,9-10,12-14H2,1-3H3,(H,32,38)(H,33,40)(H,35,39)/t16-,19?,21-,28-/m0/s1. The maximum absolute atomic E-state index is 14.6. The van der Waals surface area contributed by atoms with E-state index in [-0.39, 0.29) is 37.0 Å². The van der Waals surface area contributed by atoms with Gasteiger partial charge in [-0.25, -0.2) is 8.78 Å². The molecule has 2 saturated heterocycles. The number of H-pyrrole nitrogens is 1. The van der Waals surface area contributed by atoms with E-state index in [9.17, 15) is 32.8 Å². The number of piperidine rings is 1. The second kappa shape index (κ2) is 11.0. The molecule has 1 aromatic heterocycles. The lowest BCUT2D eigenvalue weighted by Crippen LogP contribution is -2.55. The number of aromatic nitrogens is 1. The summed E-state index contributed by atoms with van der Waals surface area (Å²) in [4.78, 5) is 69.7. The van der Waals surface area contributed by atoms with Gasteiger partial charge >= 0.3 is 0 Å². The van der Waals surface area contributed by atoms with E-state index in [2.05, 4.69) is 20.9 Å². The molecule has 4 N–H and O–H groups in total. The summed E-state index contributed by atoms with van der Waals surface area (Å²) in [5, 5.41) is 8.39. The molecule has 1 aromatic carbocycles. The number of rotatable bonds is 9. The summed E-state index contributed by atoms with van der Waals surface area (Å²) in [6.07, 6.45) is 0.233. The molecule has 2 aliphatic heterocycles. The number of hydrogen-bond acceptors (Lipinski definition) is 6. The summed E-state index contributed by atoms with van der Waals surface area (Å²) in [5.41, 5.74) is -0.861. The number of Topliss-reactive ketones (excluding diaryl/α,β-unsaturated/α-hetero) is 1. The number of benzene rings is 1. The zero-order valence-corrected chi connectivity index (χ0v) is 23.7. The molecule has 1 spiro atoms. The average Bonchev–Trinajstić information content (AvgIpc) is 3.27. The Hall–Kier alpha value is -4.03. The fourth-order valence-electron chi connectivity index (χ4n) is 6.11. The highest BCUT2D eigenvalue weighted by atomic mass is 19.3. The number of likely N-dealkylation sites (tertiary alicyclic amines) is 1. The molecule has 11 nitrogen and oxygen atoms in total. The summed E-state index contributed by atoms with van der Waals surface area (Å²) in [6, 6.07) is 3.68. The number of aromatic amines is 1. The Morgan fingerprint density at radius 3 is 2.57 bits per heavy atom. The minimum atomic E-state index is -3.04. The smallest absolute Gasteiger partial charge is 0.289 e. The summed E-state index contributed by atoms with van der Waals surface area (Å²) in [5.74, 6) is -6.80. The number of amides is 4. The minimum Gasteiger partial charge on any atom is -0.496 e. The fraction of sp³-hybridized carbons (Fsp3) is 0.552. The molecule has 42 heavy (non-hydrogen) atoms. The number of carbonyl (C=O) groups is 5. The molecule has 226 valence electrons.